The number of hydrogen-bond donors (Lipinski definition) is 1. The second kappa shape index (κ2) is 9.01. The Morgan fingerprint density at radius 2 is 1.88 bits per heavy atom. The summed E-state index contributed by atoms with van der Waals surface area (Å²) in [6.07, 6.45) is 1.24. The van der Waals surface area contributed by atoms with E-state index in [1.54, 1.807) is 42.5 Å². The van der Waals surface area contributed by atoms with Crippen molar-refractivity contribution in [2.24, 2.45) is 5.92 Å². The Morgan fingerprint density at radius 1 is 1.12 bits per heavy atom. The van der Waals surface area contributed by atoms with Crippen molar-refractivity contribution >= 4 is 49.0 Å². The van der Waals surface area contributed by atoms with Crippen LogP contribution in [0.25, 0.3) is 10.1 Å². The number of carbonyl (C=O) groups excluding carboxylic acids is 2. The number of sulfonamides is 1. The third kappa shape index (κ3) is 4.55. The van der Waals surface area contributed by atoms with Crippen molar-refractivity contribution in [3.05, 3.63) is 59.0 Å². The number of nitrogens with zero attached hydrogens (tertiary/aromatic N) is 1. The number of nitrogens with one attached hydrogen (secondary N) is 1. The molecule has 4 rings (SSSR count). The summed E-state index contributed by atoms with van der Waals surface area (Å²) in [5, 5.41) is 3.74. The van der Waals surface area contributed by atoms with Gasteiger partial charge in [-0.25, -0.2) is 13.2 Å². The van der Waals surface area contributed by atoms with Crippen LogP contribution in [0.15, 0.2) is 53.4 Å². The molecule has 7 nitrogen and oxygen atoms in total. The Bertz CT molecular complexity index is 1270. The number of benzene rings is 2. The van der Waals surface area contributed by atoms with Crippen molar-refractivity contribution in [1.82, 2.24) is 4.31 Å². The normalized spacial score (nSPS) is 17.2. The number of fused-ring (bicyclic) bond motifs is 1. The molecular formula is C23H24N2O5S2. The maximum absolute atomic E-state index is 13.0. The lowest BCUT2D eigenvalue weighted by atomic mass is 9.98. The van der Waals surface area contributed by atoms with Gasteiger partial charge in [-0.2, -0.15) is 4.31 Å². The van der Waals surface area contributed by atoms with Gasteiger partial charge in [0.2, 0.25) is 15.9 Å². The molecule has 0 radical (unpaired) electrons. The number of amides is 1. The van der Waals surface area contributed by atoms with Gasteiger partial charge in [0.05, 0.1) is 17.9 Å². The molecule has 2 aromatic carbocycles. The van der Waals surface area contributed by atoms with Crippen LogP contribution in [0.1, 0.15) is 28.1 Å². The highest BCUT2D eigenvalue weighted by Gasteiger charge is 2.33. The van der Waals surface area contributed by atoms with Crippen LogP contribution >= 0.6 is 11.3 Å². The number of aryl methyl sites for hydroxylation is 1. The molecule has 0 saturated carbocycles. The zero-order valence-electron chi connectivity index (χ0n) is 17.8. The molecule has 3 aromatic rings. The molecule has 1 aliphatic heterocycles. The maximum Gasteiger partial charge on any atom is 0.348 e. The van der Waals surface area contributed by atoms with Crippen molar-refractivity contribution in [3.8, 4) is 0 Å². The Hall–Kier alpha value is -2.75. The van der Waals surface area contributed by atoms with Crippen LogP contribution in [0.2, 0.25) is 0 Å². The first-order valence-corrected chi connectivity index (χ1v) is 12.5. The number of ether oxygens (including phenoxy) is 1. The molecule has 1 N–H and O–H groups in total. The molecule has 0 aliphatic carbocycles. The van der Waals surface area contributed by atoms with E-state index in [4.69, 9.17) is 4.74 Å². The summed E-state index contributed by atoms with van der Waals surface area (Å²) in [5.74, 6) is -1.04. The van der Waals surface area contributed by atoms with E-state index in [2.05, 4.69) is 5.32 Å². The summed E-state index contributed by atoms with van der Waals surface area (Å²) in [5.41, 5.74) is 1.59. The molecule has 1 fully saturated rings. The molecule has 168 valence electrons. The summed E-state index contributed by atoms with van der Waals surface area (Å²) < 4.78 is 33.1. The third-order valence-corrected chi connectivity index (χ3v) is 8.56. The monoisotopic (exact) mass is 472 g/mol. The predicted octanol–water partition coefficient (Wildman–Crippen LogP) is 4.04. The van der Waals surface area contributed by atoms with Gasteiger partial charge in [0.25, 0.3) is 0 Å². The van der Waals surface area contributed by atoms with E-state index in [0.29, 0.717) is 30.0 Å². The van der Waals surface area contributed by atoms with Crippen LogP contribution < -0.4 is 5.32 Å². The SMILES string of the molecule is COC(=O)c1cc2cc(NC(=O)[C@@H]3CCCN(S(=O)(=O)c4ccc(C)cc4)C3)ccc2s1. The van der Waals surface area contributed by atoms with Gasteiger partial charge in [-0.1, -0.05) is 17.7 Å². The minimum atomic E-state index is -3.64. The van der Waals surface area contributed by atoms with E-state index in [-0.39, 0.29) is 17.3 Å². The summed E-state index contributed by atoms with van der Waals surface area (Å²) >= 11 is 1.33. The highest BCUT2D eigenvalue weighted by molar-refractivity contribution is 7.89. The zero-order chi connectivity index (χ0) is 22.9. The second-order valence-electron chi connectivity index (χ2n) is 7.86. The average Bonchev–Trinajstić information content (AvgIpc) is 3.22. The highest BCUT2D eigenvalue weighted by atomic mass is 32.2. The van der Waals surface area contributed by atoms with E-state index >= 15 is 0 Å². The van der Waals surface area contributed by atoms with Gasteiger partial charge in [-0.15, -0.1) is 11.3 Å². The van der Waals surface area contributed by atoms with Gasteiger partial charge in [-0.3, -0.25) is 4.79 Å². The van der Waals surface area contributed by atoms with Crippen LogP contribution in [0, 0.1) is 12.8 Å². The van der Waals surface area contributed by atoms with Crippen molar-refractivity contribution in [1.29, 1.82) is 0 Å². The van der Waals surface area contributed by atoms with Crippen molar-refractivity contribution in [3.63, 3.8) is 0 Å². The van der Waals surface area contributed by atoms with Crippen LogP contribution in [0.4, 0.5) is 5.69 Å². The number of anilines is 1. The number of thiophene rings is 1. The van der Waals surface area contributed by atoms with Crippen LogP contribution in [-0.2, 0) is 19.6 Å². The first-order chi connectivity index (χ1) is 15.3. The van der Waals surface area contributed by atoms with E-state index in [1.807, 2.05) is 13.0 Å². The standard InChI is InChI=1S/C23H24N2O5S2/c1-15-5-8-19(9-6-15)32(28,29)25-11-3-4-16(14-25)22(26)24-18-7-10-20-17(12-18)13-21(31-20)23(27)30-2/h5-10,12-13,16H,3-4,11,14H2,1-2H3,(H,24,26)/t16-/m1/s1. The predicted molar refractivity (Wildman–Crippen MR) is 124 cm³/mol. The largest absolute Gasteiger partial charge is 0.465 e. The fourth-order valence-electron chi connectivity index (χ4n) is 3.80. The van der Waals surface area contributed by atoms with E-state index in [9.17, 15) is 18.0 Å². The van der Waals surface area contributed by atoms with E-state index in [0.717, 1.165) is 15.6 Å². The molecule has 1 amide bonds. The van der Waals surface area contributed by atoms with Gasteiger partial charge in [-0.05, 0) is 61.5 Å². The number of carbonyl (C=O) groups is 2. The number of rotatable bonds is 5. The van der Waals surface area contributed by atoms with Crippen molar-refractivity contribution in [2.45, 2.75) is 24.7 Å². The number of hydrogen-bond acceptors (Lipinski definition) is 6. The number of esters is 1. The lowest BCUT2D eigenvalue weighted by Crippen LogP contribution is -2.43. The smallest absolute Gasteiger partial charge is 0.348 e. The van der Waals surface area contributed by atoms with Crippen LogP contribution in [0.3, 0.4) is 0 Å². The molecule has 0 unspecified atom stereocenters. The van der Waals surface area contributed by atoms with E-state index in [1.165, 1.54) is 22.8 Å². The Labute approximate surface area is 191 Å². The van der Waals surface area contributed by atoms with Crippen LogP contribution in [-0.4, -0.2) is 44.8 Å². The molecule has 0 bridgehead atoms. The fourth-order valence-corrected chi connectivity index (χ4v) is 6.29. The van der Waals surface area contributed by atoms with Gasteiger partial charge in [0, 0.05) is 23.5 Å². The fraction of sp³-hybridized carbons (Fsp3) is 0.304. The maximum atomic E-state index is 13.0. The minimum Gasteiger partial charge on any atom is -0.465 e. The molecule has 1 saturated heterocycles. The van der Waals surface area contributed by atoms with Crippen molar-refractivity contribution in [2.75, 3.05) is 25.5 Å². The third-order valence-electron chi connectivity index (χ3n) is 5.58. The molecule has 9 heteroatoms. The average molecular weight is 473 g/mol. The molecule has 1 atom stereocenters. The van der Waals surface area contributed by atoms with Gasteiger partial charge in [0.15, 0.2) is 0 Å². The Balaban J connectivity index is 1.47. The molecule has 2 heterocycles. The zero-order valence-corrected chi connectivity index (χ0v) is 19.5. The molecular weight excluding hydrogens is 448 g/mol. The Morgan fingerprint density at radius 3 is 2.59 bits per heavy atom. The summed E-state index contributed by atoms with van der Waals surface area (Å²) in [6.45, 7) is 2.45. The lowest BCUT2D eigenvalue weighted by molar-refractivity contribution is -0.120. The van der Waals surface area contributed by atoms with Crippen molar-refractivity contribution < 1.29 is 22.7 Å². The minimum absolute atomic E-state index is 0.148. The van der Waals surface area contributed by atoms with E-state index < -0.39 is 21.9 Å². The molecule has 0 spiro atoms. The number of piperidine rings is 1. The summed E-state index contributed by atoms with van der Waals surface area (Å²) in [7, 11) is -2.31. The highest BCUT2D eigenvalue weighted by Crippen LogP contribution is 2.30. The molecule has 32 heavy (non-hydrogen) atoms. The Kier molecular flexibility index (Phi) is 6.32. The van der Waals surface area contributed by atoms with Gasteiger partial charge >= 0.3 is 5.97 Å². The quantitative estimate of drug-likeness (QED) is 0.566. The lowest BCUT2D eigenvalue weighted by Gasteiger charge is -2.31. The molecule has 1 aliphatic rings. The topological polar surface area (TPSA) is 92.8 Å². The van der Waals surface area contributed by atoms with Gasteiger partial charge in [0.1, 0.15) is 4.88 Å². The first kappa shape index (κ1) is 22.4. The van der Waals surface area contributed by atoms with Gasteiger partial charge < -0.3 is 10.1 Å². The first-order valence-electron chi connectivity index (χ1n) is 10.3. The second-order valence-corrected chi connectivity index (χ2v) is 10.9. The number of methoxy groups -OCH3 is 1. The summed E-state index contributed by atoms with van der Waals surface area (Å²) in [4.78, 5) is 25.4. The summed E-state index contributed by atoms with van der Waals surface area (Å²) in [6, 6.07) is 13.9. The molecule has 1 aromatic heterocycles. The van der Waals surface area contributed by atoms with Crippen LogP contribution in [0.5, 0.6) is 0 Å².